The molecule has 0 saturated carbocycles. The van der Waals surface area contributed by atoms with Gasteiger partial charge in [-0.1, -0.05) is 24.3 Å². The lowest BCUT2D eigenvalue weighted by atomic mass is 9.86. The van der Waals surface area contributed by atoms with E-state index in [2.05, 4.69) is 0 Å². The van der Waals surface area contributed by atoms with E-state index in [1.807, 2.05) is 18.2 Å². The van der Waals surface area contributed by atoms with Crippen molar-refractivity contribution in [2.24, 2.45) is 0 Å². The molecule has 5 nitrogen and oxygen atoms in total. The van der Waals surface area contributed by atoms with Crippen molar-refractivity contribution in [2.45, 2.75) is 12.3 Å². The Kier molecular flexibility index (Phi) is 3.34. The molecule has 120 valence electrons. The third-order valence-electron chi connectivity index (χ3n) is 4.25. The predicted molar refractivity (Wildman–Crippen MR) is 87.6 cm³/mol. The Balaban J connectivity index is 1.94. The second-order valence-corrected chi connectivity index (χ2v) is 5.63. The Hall–Kier alpha value is -3.08. The molecule has 1 aliphatic rings. The highest BCUT2D eigenvalue weighted by atomic mass is 16.5. The van der Waals surface area contributed by atoms with Gasteiger partial charge in [0.15, 0.2) is 5.75 Å². The van der Waals surface area contributed by atoms with Crippen LogP contribution in [-0.2, 0) is 4.79 Å². The van der Waals surface area contributed by atoms with E-state index in [0.717, 1.165) is 5.56 Å². The average Bonchev–Trinajstić information content (AvgIpc) is 2.61. The standard InChI is InChI=1S/C19H14O5/c1-22-12-8-6-11(7-9-12)14-10-16(20)24-18-13-4-2-3-5-15(13)23-19(21)17(14)18/h2-9,14H,10H2,1H3/t14-/m1/s1. The van der Waals surface area contributed by atoms with Crippen molar-refractivity contribution >= 4 is 16.9 Å². The van der Waals surface area contributed by atoms with Crippen LogP contribution in [0.25, 0.3) is 11.0 Å². The molecule has 0 bridgehead atoms. The van der Waals surface area contributed by atoms with Crippen LogP contribution in [0.5, 0.6) is 11.5 Å². The SMILES string of the molecule is COc1ccc([C@H]2CC(=O)Oc3c2c(=O)oc2ccccc32)cc1. The normalized spacial score (nSPS) is 16.5. The molecule has 2 aromatic carbocycles. The van der Waals surface area contributed by atoms with Crippen molar-refractivity contribution in [2.75, 3.05) is 7.11 Å². The molecule has 24 heavy (non-hydrogen) atoms. The van der Waals surface area contributed by atoms with Gasteiger partial charge in [0.25, 0.3) is 0 Å². The summed E-state index contributed by atoms with van der Waals surface area (Å²) in [5.41, 5.74) is 1.16. The molecular weight excluding hydrogens is 308 g/mol. The number of ether oxygens (including phenoxy) is 2. The zero-order valence-corrected chi connectivity index (χ0v) is 12.9. The maximum absolute atomic E-state index is 12.5. The molecule has 2 heterocycles. The van der Waals surface area contributed by atoms with Crippen LogP contribution in [0.4, 0.5) is 0 Å². The monoisotopic (exact) mass is 322 g/mol. The van der Waals surface area contributed by atoms with Crippen molar-refractivity contribution in [1.82, 2.24) is 0 Å². The summed E-state index contributed by atoms with van der Waals surface area (Å²) in [4.78, 5) is 24.6. The first-order chi connectivity index (χ1) is 11.7. The fourth-order valence-corrected chi connectivity index (χ4v) is 3.09. The average molecular weight is 322 g/mol. The van der Waals surface area contributed by atoms with Crippen molar-refractivity contribution in [1.29, 1.82) is 0 Å². The third-order valence-corrected chi connectivity index (χ3v) is 4.25. The number of methoxy groups -OCH3 is 1. The van der Waals surface area contributed by atoms with Gasteiger partial charge in [-0.25, -0.2) is 4.79 Å². The summed E-state index contributed by atoms with van der Waals surface area (Å²) in [6, 6.07) is 14.3. The van der Waals surface area contributed by atoms with Crippen molar-refractivity contribution in [3.8, 4) is 11.5 Å². The smallest absolute Gasteiger partial charge is 0.343 e. The van der Waals surface area contributed by atoms with E-state index in [4.69, 9.17) is 13.9 Å². The lowest BCUT2D eigenvalue weighted by Crippen LogP contribution is -2.26. The fraction of sp³-hybridized carbons (Fsp3) is 0.158. The molecule has 0 radical (unpaired) electrons. The molecule has 0 spiro atoms. The number of hydrogen-bond donors (Lipinski definition) is 0. The van der Waals surface area contributed by atoms with Crippen LogP contribution in [-0.4, -0.2) is 13.1 Å². The van der Waals surface area contributed by atoms with Crippen molar-refractivity contribution in [3.63, 3.8) is 0 Å². The minimum atomic E-state index is -0.475. The van der Waals surface area contributed by atoms with Crippen LogP contribution in [0.1, 0.15) is 23.5 Å². The molecule has 0 unspecified atom stereocenters. The third kappa shape index (κ3) is 2.25. The summed E-state index contributed by atoms with van der Waals surface area (Å²) in [5, 5.41) is 0.624. The lowest BCUT2D eigenvalue weighted by Gasteiger charge is -2.24. The molecule has 1 aliphatic heterocycles. The van der Waals surface area contributed by atoms with Crippen LogP contribution in [0.3, 0.4) is 0 Å². The number of esters is 1. The number of hydrogen-bond acceptors (Lipinski definition) is 5. The first-order valence-electron chi connectivity index (χ1n) is 7.57. The summed E-state index contributed by atoms with van der Waals surface area (Å²) in [6.07, 6.45) is 0.0996. The molecule has 0 amide bonds. The zero-order chi connectivity index (χ0) is 16.7. The predicted octanol–water partition coefficient (Wildman–Crippen LogP) is 3.24. The Bertz CT molecular complexity index is 985. The first-order valence-corrected chi connectivity index (χ1v) is 7.57. The largest absolute Gasteiger partial charge is 0.497 e. The van der Waals surface area contributed by atoms with E-state index in [0.29, 0.717) is 28.0 Å². The maximum atomic E-state index is 12.5. The Morgan fingerprint density at radius 1 is 1.04 bits per heavy atom. The number of benzene rings is 2. The highest BCUT2D eigenvalue weighted by Gasteiger charge is 2.33. The van der Waals surface area contributed by atoms with Gasteiger partial charge in [0.05, 0.1) is 24.5 Å². The van der Waals surface area contributed by atoms with Crippen LogP contribution < -0.4 is 15.1 Å². The Morgan fingerprint density at radius 3 is 2.54 bits per heavy atom. The summed E-state index contributed by atoms with van der Waals surface area (Å²) in [5.74, 6) is 0.258. The van der Waals surface area contributed by atoms with E-state index >= 15 is 0 Å². The molecule has 0 N–H and O–H groups in total. The van der Waals surface area contributed by atoms with Gasteiger partial charge in [-0.2, -0.15) is 0 Å². The Labute approximate surface area is 137 Å². The van der Waals surface area contributed by atoms with E-state index in [1.54, 1.807) is 37.4 Å². The molecule has 1 atom stereocenters. The summed E-state index contributed by atoms with van der Waals surface area (Å²) in [6.45, 7) is 0. The molecule has 3 aromatic rings. The number of fused-ring (bicyclic) bond motifs is 3. The maximum Gasteiger partial charge on any atom is 0.343 e. The molecule has 5 heteroatoms. The molecular formula is C19H14O5. The molecule has 1 aromatic heterocycles. The summed E-state index contributed by atoms with van der Waals surface area (Å²) >= 11 is 0. The van der Waals surface area contributed by atoms with Gasteiger partial charge in [0.1, 0.15) is 11.3 Å². The Morgan fingerprint density at radius 2 is 1.79 bits per heavy atom. The van der Waals surface area contributed by atoms with Crippen molar-refractivity contribution < 1.29 is 18.7 Å². The summed E-state index contributed by atoms with van der Waals surface area (Å²) in [7, 11) is 1.59. The second-order valence-electron chi connectivity index (χ2n) is 5.63. The van der Waals surface area contributed by atoms with Gasteiger partial charge in [-0.3, -0.25) is 4.79 Å². The number of rotatable bonds is 2. The van der Waals surface area contributed by atoms with Crippen molar-refractivity contribution in [3.05, 3.63) is 70.1 Å². The van der Waals surface area contributed by atoms with Crippen LogP contribution in [0.2, 0.25) is 0 Å². The molecule has 0 aliphatic carbocycles. The van der Waals surface area contributed by atoms with Gasteiger partial charge < -0.3 is 13.9 Å². The molecule has 4 rings (SSSR count). The van der Waals surface area contributed by atoms with Gasteiger partial charge >= 0.3 is 11.6 Å². The van der Waals surface area contributed by atoms with Crippen LogP contribution >= 0.6 is 0 Å². The minimum absolute atomic E-state index is 0.0996. The van der Waals surface area contributed by atoms with E-state index in [1.165, 1.54) is 0 Å². The highest BCUT2D eigenvalue weighted by Crippen LogP contribution is 2.40. The van der Waals surface area contributed by atoms with Gasteiger partial charge in [-0.15, -0.1) is 0 Å². The quantitative estimate of drug-likeness (QED) is 0.535. The lowest BCUT2D eigenvalue weighted by molar-refractivity contribution is -0.135. The summed E-state index contributed by atoms with van der Waals surface area (Å²) < 4.78 is 16.0. The number of carbonyl (C=O) groups excluding carboxylic acids is 1. The minimum Gasteiger partial charge on any atom is -0.497 e. The highest BCUT2D eigenvalue weighted by molar-refractivity contribution is 5.90. The first kappa shape index (κ1) is 14.5. The zero-order valence-electron chi connectivity index (χ0n) is 12.9. The number of para-hydroxylation sites is 1. The fourth-order valence-electron chi connectivity index (χ4n) is 3.09. The number of carbonyl (C=O) groups is 1. The van der Waals surface area contributed by atoms with E-state index < -0.39 is 11.5 Å². The van der Waals surface area contributed by atoms with Gasteiger partial charge in [0, 0.05) is 5.92 Å². The topological polar surface area (TPSA) is 65.7 Å². The van der Waals surface area contributed by atoms with E-state index in [9.17, 15) is 9.59 Å². The van der Waals surface area contributed by atoms with Gasteiger partial charge in [0.2, 0.25) is 0 Å². The van der Waals surface area contributed by atoms with Crippen LogP contribution in [0, 0.1) is 0 Å². The van der Waals surface area contributed by atoms with E-state index in [-0.39, 0.29) is 12.4 Å². The molecule has 0 fully saturated rings. The second kappa shape index (κ2) is 5.53. The van der Waals surface area contributed by atoms with Gasteiger partial charge in [-0.05, 0) is 29.8 Å². The molecule has 0 saturated heterocycles. The van der Waals surface area contributed by atoms with Crippen LogP contribution in [0.15, 0.2) is 57.7 Å².